The van der Waals surface area contributed by atoms with Crippen molar-refractivity contribution in [3.63, 3.8) is 0 Å². The molecule has 1 heterocycles. The molecule has 3 rings (SSSR count). The number of benzene rings is 2. The quantitative estimate of drug-likeness (QED) is 0.753. The molecule has 3 aromatic rings. The van der Waals surface area contributed by atoms with Crippen LogP contribution in [-0.4, -0.2) is 14.9 Å². The van der Waals surface area contributed by atoms with Gasteiger partial charge in [0.2, 0.25) is 0 Å². The van der Waals surface area contributed by atoms with Crippen LogP contribution in [0.15, 0.2) is 46.9 Å². The van der Waals surface area contributed by atoms with Gasteiger partial charge in [-0.3, -0.25) is 4.68 Å². The molecule has 1 N–H and O–H groups in total. The normalized spacial score (nSPS) is 12.8. The molecule has 0 aliphatic rings. The highest BCUT2D eigenvalue weighted by atomic mass is 79.9. The lowest BCUT2D eigenvalue weighted by Gasteiger charge is -2.11. The number of hydrogen-bond donors (Lipinski definition) is 1. The summed E-state index contributed by atoms with van der Waals surface area (Å²) in [4.78, 5) is 0. The van der Waals surface area contributed by atoms with Crippen LogP contribution in [0.2, 0.25) is 5.02 Å². The van der Waals surface area contributed by atoms with E-state index in [2.05, 4.69) is 21.0 Å². The van der Waals surface area contributed by atoms with E-state index in [1.54, 1.807) is 12.1 Å². The number of para-hydroxylation sites is 1. The fourth-order valence-electron chi connectivity index (χ4n) is 2.51. The fraction of sp³-hybridized carbons (Fsp3) is 0.188. The Hall–Kier alpha value is -1.36. The molecule has 2 aromatic carbocycles. The third-order valence-corrected chi connectivity index (χ3v) is 4.17. The van der Waals surface area contributed by atoms with Crippen LogP contribution in [0.5, 0.6) is 0 Å². The fourth-order valence-corrected chi connectivity index (χ4v) is 3.39. The molecule has 0 radical (unpaired) electrons. The number of hydrogen-bond acceptors (Lipinski definition) is 2. The zero-order valence-corrected chi connectivity index (χ0v) is 13.8. The molecule has 108 valence electrons. The summed E-state index contributed by atoms with van der Waals surface area (Å²) >= 11 is 9.43. The van der Waals surface area contributed by atoms with Crippen LogP contribution in [0, 0.1) is 0 Å². The zero-order valence-electron chi connectivity index (χ0n) is 11.4. The molecule has 1 aromatic heterocycles. The van der Waals surface area contributed by atoms with E-state index < -0.39 is 6.10 Å². The molecule has 21 heavy (non-hydrogen) atoms. The van der Waals surface area contributed by atoms with Crippen molar-refractivity contribution >= 4 is 38.4 Å². The molecular weight excluding hydrogens is 352 g/mol. The molecular formula is C16H14BrClN2O. The summed E-state index contributed by atoms with van der Waals surface area (Å²) < 4.78 is 2.69. The van der Waals surface area contributed by atoms with E-state index in [9.17, 15) is 5.11 Å². The number of aryl methyl sites for hydroxylation is 1. The van der Waals surface area contributed by atoms with Gasteiger partial charge >= 0.3 is 0 Å². The summed E-state index contributed by atoms with van der Waals surface area (Å²) in [5.41, 5.74) is 2.73. The van der Waals surface area contributed by atoms with Crippen LogP contribution in [0.1, 0.15) is 17.4 Å². The number of aliphatic hydroxyl groups is 1. The Morgan fingerprint density at radius 3 is 2.81 bits per heavy atom. The maximum atomic E-state index is 10.5. The lowest BCUT2D eigenvalue weighted by Crippen LogP contribution is -2.03. The summed E-state index contributed by atoms with van der Waals surface area (Å²) in [7, 11) is 1.91. The number of aliphatic hydroxyl groups excluding tert-OH is 1. The first-order valence-electron chi connectivity index (χ1n) is 6.59. The molecule has 5 heteroatoms. The van der Waals surface area contributed by atoms with Crippen molar-refractivity contribution in [1.29, 1.82) is 0 Å². The molecule has 0 amide bonds. The smallest absolute Gasteiger partial charge is 0.0847 e. The molecule has 0 spiro atoms. The van der Waals surface area contributed by atoms with Crippen molar-refractivity contribution in [2.45, 2.75) is 12.5 Å². The predicted octanol–water partition coefficient (Wildman–Crippen LogP) is 4.27. The third kappa shape index (κ3) is 2.98. The number of nitrogens with zero attached hydrogens (tertiary/aromatic N) is 2. The largest absolute Gasteiger partial charge is 0.388 e. The first kappa shape index (κ1) is 14.6. The van der Waals surface area contributed by atoms with Gasteiger partial charge in [-0.2, -0.15) is 5.10 Å². The Morgan fingerprint density at radius 2 is 2.05 bits per heavy atom. The van der Waals surface area contributed by atoms with Crippen LogP contribution in [-0.2, 0) is 13.5 Å². The number of aromatic nitrogens is 2. The van der Waals surface area contributed by atoms with E-state index in [0.717, 1.165) is 26.6 Å². The van der Waals surface area contributed by atoms with Gasteiger partial charge in [0.1, 0.15) is 0 Å². The van der Waals surface area contributed by atoms with Crippen LogP contribution in [0.3, 0.4) is 0 Å². The van der Waals surface area contributed by atoms with Crippen LogP contribution >= 0.6 is 27.5 Å². The van der Waals surface area contributed by atoms with Gasteiger partial charge in [0.05, 0.1) is 17.3 Å². The molecule has 0 bridgehead atoms. The molecule has 0 aliphatic carbocycles. The second-order valence-corrected chi connectivity index (χ2v) is 6.36. The Morgan fingerprint density at radius 1 is 1.29 bits per heavy atom. The molecule has 0 saturated heterocycles. The first-order chi connectivity index (χ1) is 10.0. The predicted molar refractivity (Wildman–Crippen MR) is 88.5 cm³/mol. The Balaban J connectivity index is 1.94. The highest BCUT2D eigenvalue weighted by molar-refractivity contribution is 9.10. The lowest BCUT2D eigenvalue weighted by atomic mass is 10.0. The van der Waals surface area contributed by atoms with Crippen molar-refractivity contribution in [2.75, 3.05) is 0 Å². The Labute approximate surface area is 136 Å². The number of rotatable bonds is 3. The molecule has 0 aliphatic heterocycles. The van der Waals surface area contributed by atoms with E-state index in [4.69, 9.17) is 11.6 Å². The van der Waals surface area contributed by atoms with E-state index in [-0.39, 0.29) is 0 Å². The highest BCUT2D eigenvalue weighted by Crippen LogP contribution is 2.27. The van der Waals surface area contributed by atoms with Gasteiger partial charge in [0.25, 0.3) is 0 Å². The molecule has 3 nitrogen and oxygen atoms in total. The van der Waals surface area contributed by atoms with Gasteiger partial charge in [-0.1, -0.05) is 45.7 Å². The summed E-state index contributed by atoms with van der Waals surface area (Å²) in [5.74, 6) is 0. The van der Waals surface area contributed by atoms with Crippen molar-refractivity contribution < 1.29 is 5.11 Å². The van der Waals surface area contributed by atoms with Crippen molar-refractivity contribution in [1.82, 2.24) is 9.78 Å². The summed E-state index contributed by atoms with van der Waals surface area (Å²) in [6, 6.07) is 13.5. The van der Waals surface area contributed by atoms with E-state index >= 15 is 0 Å². The highest BCUT2D eigenvalue weighted by Gasteiger charge is 2.15. The number of halogens is 2. The summed E-state index contributed by atoms with van der Waals surface area (Å²) in [5, 5.41) is 16.6. The van der Waals surface area contributed by atoms with Crippen molar-refractivity contribution in [3.05, 3.63) is 63.2 Å². The van der Waals surface area contributed by atoms with E-state index in [0.29, 0.717) is 11.4 Å². The van der Waals surface area contributed by atoms with Gasteiger partial charge in [0.15, 0.2) is 0 Å². The first-order valence-corrected chi connectivity index (χ1v) is 7.76. The van der Waals surface area contributed by atoms with Crippen LogP contribution < -0.4 is 0 Å². The average molecular weight is 366 g/mol. The van der Waals surface area contributed by atoms with Crippen LogP contribution in [0.4, 0.5) is 0 Å². The second kappa shape index (κ2) is 5.79. The maximum absolute atomic E-state index is 10.5. The third-order valence-electron chi connectivity index (χ3n) is 3.49. The van der Waals surface area contributed by atoms with Gasteiger partial charge in [-0.05, 0) is 29.8 Å². The standard InChI is InChI=1S/C16H14BrClN2O/c1-20-15-5-3-2-4-13(15)14(19-20)9-16(21)10-6-11(17)8-12(18)7-10/h2-8,16,21H,9H2,1H3. The van der Waals surface area contributed by atoms with Gasteiger partial charge in [0, 0.05) is 28.4 Å². The van der Waals surface area contributed by atoms with Gasteiger partial charge in [-0.25, -0.2) is 0 Å². The van der Waals surface area contributed by atoms with E-state index in [1.807, 2.05) is 42.1 Å². The van der Waals surface area contributed by atoms with Crippen LogP contribution in [0.25, 0.3) is 10.9 Å². The average Bonchev–Trinajstić information content (AvgIpc) is 2.75. The minimum Gasteiger partial charge on any atom is -0.388 e. The van der Waals surface area contributed by atoms with Gasteiger partial charge in [-0.15, -0.1) is 0 Å². The number of fused-ring (bicyclic) bond motifs is 1. The van der Waals surface area contributed by atoms with Crippen molar-refractivity contribution in [3.8, 4) is 0 Å². The molecule has 0 fully saturated rings. The topological polar surface area (TPSA) is 38.0 Å². The molecule has 1 atom stereocenters. The second-order valence-electron chi connectivity index (χ2n) is 5.01. The summed E-state index contributed by atoms with van der Waals surface area (Å²) in [6.45, 7) is 0. The zero-order chi connectivity index (χ0) is 15.0. The minimum atomic E-state index is -0.640. The monoisotopic (exact) mass is 364 g/mol. The Kier molecular flexibility index (Phi) is 4.02. The SMILES string of the molecule is Cn1nc(CC(O)c2cc(Cl)cc(Br)c2)c2ccccc21. The molecule has 1 unspecified atom stereocenters. The molecule has 0 saturated carbocycles. The Bertz CT molecular complexity index is 780. The van der Waals surface area contributed by atoms with Crippen molar-refractivity contribution in [2.24, 2.45) is 7.05 Å². The summed E-state index contributed by atoms with van der Waals surface area (Å²) in [6.07, 6.45) is -0.188. The van der Waals surface area contributed by atoms with E-state index in [1.165, 1.54) is 0 Å². The minimum absolute atomic E-state index is 0.453. The maximum Gasteiger partial charge on any atom is 0.0847 e. The van der Waals surface area contributed by atoms with Gasteiger partial charge < -0.3 is 5.11 Å². The lowest BCUT2D eigenvalue weighted by molar-refractivity contribution is 0.177.